The fraction of sp³-hybridized carbons (Fsp3) is 0. The number of rotatable bonds is 7. The van der Waals surface area contributed by atoms with E-state index in [1.165, 1.54) is 80.7 Å². The van der Waals surface area contributed by atoms with Gasteiger partial charge in [-0.05, 0) is 121 Å². The molecule has 65 heavy (non-hydrogen) atoms. The molecule has 2 aromatic heterocycles. The van der Waals surface area contributed by atoms with Gasteiger partial charge in [-0.25, -0.2) is 0 Å². The second-order valence-corrected chi connectivity index (χ2v) is 17.9. The third-order valence-corrected chi connectivity index (χ3v) is 14.2. The molecule has 0 aliphatic rings. The lowest BCUT2D eigenvalue weighted by atomic mass is 9.97. The van der Waals surface area contributed by atoms with Crippen molar-refractivity contribution in [3.63, 3.8) is 0 Å². The Balaban J connectivity index is 1.01. The van der Waals surface area contributed by atoms with E-state index < -0.39 is 0 Å². The lowest BCUT2D eigenvalue weighted by Crippen LogP contribution is -2.10. The molecular weight excluding hydrogens is 807 g/mol. The molecule has 0 unspecified atom stereocenters. The highest BCUT2D eigenvalue weighted by molar-refractivity contribution is 7.26. The Hall–Kier alpha value is -8.24. The molecule has 0 saturated heterocycles. The number of thiophene rings is 1. The maximum atomic E-state index is 6.77. The van der Waals surface area contributed by atoms with E-state index in [1.807, 2.05) is 11.3 Å². The molecule has 0 atom stereocenters. The van der Waals surface area contributed by atoms with Gasteiger partial charge in [0.25, 0.3) is 0 Å². The van der Waals surface area contributed by atoms with Crippen molar-refractivity contribution < 1.29 is 4.42 Å². The van der Waals surface area contributed by atoms with E-state index in [2.05, 4.69) is 241 Å². The first-order valence-electron chi connectivity index (χ1n) is 22.1. The van der Waals surface area contributed by atoms with Crippen LogP contribution in [0.1, 0.15) is 0 Å². The van der Waals surface area contributed by atoms with E-state index in [4.69, 9.17) is 4.42 Å². The zero-order chi connectivity index (χ0) is 42.8. The van der Waals surface area contributed by atoms with Crippen LogP contribution < -0.4 is 4.90 Å². The molecule has 2 nitrogen and oxygen atoms in total. The average molecular weight is 846 g/mol. The number of furan rings is 1. The molecule has 11 aromatic carbocycles. The van der Waals surface area contributed by atoms with E-state index >= 15 is 0 Å². The molecule has 3 heteroatoms. The Morgan fingerprint density at radius 3 is 1.58 bits per heavy atom. The summed E-state index contributed by atoms with van der Waals surface area (Å²) in [5, 5.41) is 9.71. The molecule has 0 amide bonds. The smallest absolute Gasteiger partial charge is 0.137 e. The summed E-state index contributed by atoms with van der Waals surface area (Å²) in [6.45, 7) is 0. The van der Waals surface area contributed by atoms with Crippen molar-refractivity contribution in [2.75, 3.05) is 4.90 Å². The highest BCUT2D eigenvalue weighted by Crippen LogP contribution is 2.50. The third-order valence-electron chi connectivity index (χ3n) is 13.1. The molecule has 0 spiro atoms. The predicted molar refractivity (Wildman–Crippen MR) is 278 cm³/mol. The van der Waals surface area contributed by atoms with Gasteiger partial charge in [0, 0.05) is 48.4 Å². The molecule has 0 radical (unpaired) electrons. The van der Waals surface area contributed by atoms with Gasteiger partial charge in [-0.1, -0.05) is 176 Å². The normalized spacial score (nSPS) is 11.7. The van der Waals surface area contributed by atoms with Gasteiger partial charge in [0.15, 0.2) is 0 Å². The number of benzene rings is 11. The number of fused-ring (bicyclic) bond motifs is 9. The molecule has 0 fully saturated rings. The van der Waals surface area contributed by atoms with Crippen molar-refractivity contribution in [1.82, 2.24) is 0 Å². The van der Waals surface area contributed by atoms with Crippen molar-refractivity contribution in [3.05, 3.63) is 237 Å². The first kappa shape index (κ1) is 37.3. The van der Waals surface area contributed by atoms with Crippen LogP contribution in [0, 0.1) is 0 Å². The Morgan fingerprint density at radius 2 is 0.846 bits per heavy atom. The molecule has 0 bridgehead atoms. The zero-order valence-corrected chi connectivity index (χ0v) is 36.1. The first-order chi connectivity index (χ1) is 32.2. The molecule has 2 heterocycles. The molecule has 13 aromatic rings. The lowest BCUT2D eigenvalue weighted by Gasteiger charge is -2.27. The van der Waals surface area contributed by atoms with Gasteiger partial charge in [-0.3, -0.25) is 0 Å². The van der Waals surface area contributed by atoms with Crippen molar-refractivity contribution >= 4 is 92.1 Å². The minimum Gasteiger partial charge on any atom is -0.456 e. The number of hydrogen-bond acceptors (Lipinski definition) is 3. The van der Waals surface area contributed by atoms with E-state index in [9.17, 15) is 0 Å². The Kier molecular flexibility index (Phi) is 8.75. The summed E-state index contributed by atoms with van der Waals surface area (Å²) in [5.74, 6) is 0. The van der Waals surface area contributed by atoms with Crippen molar-refractivity contribution in [3.8, 4) is 44.5 Å². The highest BCUT2D eigenvalue weighted by atomic mass is 32.1. The largest absolute Gasteiger partial charge is 0.456 e. The molecule has 304 valence electrons. The highest BCUT2D eigenvalue weighted by Gasteiger charge is 2.23. The maximum absolute atomic E-state index is 6.77. The van der Waals surface area contributed by atoms with Crippen LogP contribution in [0.4, 0.5) is 17.1 Å². The first-order valence-corrected chi connectivity index (χ1v) is 23.0. The Morgan fingerprint density at radius 1 is 0.323 bits per heavy atom. The fourth-order valence-electron chi connectivity index (χ4n) is 9.83. The summed E-state index contributed by atoms with van der Waals surface area (Å²) in [6, 6.07) is 85.9. The van der Waals surface area contributed by atoms with Crippen LogP contribution in [-0.4, -0.2) is 0 Å². The average Bonchev–Trinajstić information content (AvgIpc) is 3.95. The number of anilines is 3. The van der Waals surface area contributed by atoms with Crippen LogP contribution >= 0.6 is 11.3 Å². The summed E-state index contributed by atoms with van der Waals surface area (Å²) >= 11 is 1.88. The van der Waals surface area contributed by atoms with E-state index in [0.717, 1.165) is 44.6 Å². The van der Waals surface area contributed by atoms with Crippen molar-refractivity contribution in [2.24, 2.45) is 0 Å². The predicted octanol–water partition coefficient (Wildman–Crippen LogP) is 18.4. The fourth-order valence-corrected chi connectivity index (χ4v) is 11.1. The summed E-state index contributed by atoms with van der Waals surface area (Å²) in [5.41, 5.74) is 14.5. The second kappa shape index (κ2) is 15.2. The van der Waals surface area contributed by atoms with Crippen LogP contribution in [0.15, 0.2) is 241 Å². The minimum atomic E-state index is 0.854. The molecule has 0 N–H and O–H groups in total. The summed E-state index contributed by atoms with van der Waals surface area (Å²) in [6.07, 6.45) is 0. The van der Waals surface area contributed by atoms with E-state index in [1.54, 1.807) is 0 Å². The van der Waals surface area contributed by atoms with Gasteiger partial charge in [-0.15, -0.1) is 11.3 Å². The standard InChI is InChI=1S/C62H39NOS/c1-4-12-40(13-5-1)47-26-31-53-54-33-30-50(39-59(54)64-58(53)37-47)63(49-28-24-42(25-29-49)46-23-22-45-21-20-44-18-10-11-19-51(44)56(45)36-46)57-35-34-52(43-16-8-3-9-17-43)62-61(57)55-32-27-48(38-60(55)65-62)41-14-6-2-7-15-41/h1-39H. The van der Waals surface area contributed by atoms with Gasteiger partial charge >= 0.3 is 0 Å². The van der Waals surface area contributed by atoms with Crippen LogP contribution in [0.2, 0.25) is 0 Å². The molecule has 13 rings (SSSR count). The van der Waals surface area contributed by atoms with Gasteiger partial charge < -0.3 is 9.32 Å². The molecular formula is C62H39NOS. The van der Waals surface area contributed by atoms with Gasteiger partial charge in [0.2, 0.25) is 0 Å². The van der Waals surface area contributed by atoms with Crippen molar-refractivity contribution in [2.45, 2.75) is 0 Å². The second-order valence-electron chi connectivity index (χ2n) is 16.8. The van der Waals surface area contributed by atoms with E-state index in [-0.39, 0.29) is 0 Å². The van der Waals surface area contributed by atoms with Crippen molar-refractivity contribution in [1.29, 1.82) is 0 Å². The quantitative estimate of drug-likeness (QED) is 0.149. The lowest BCUT2D eigenvalue weighted by molar-refractivity contribution is 0.669. The molecule has 0 aliphatic heterocycles. The third kappa shape index (κ3) is 6.39. The molecule has 0 saturated carbocycles. The maximum Gasteiger partial charge on any atom is 0.137 e. The molecule has 0 aliphatic carbocycles. The Labute approximate surface area is 380 Å². The Bertz CT molecular complexity index is 3920. The van der Waals surface area contributed by atoms with Gasteiger partial charge in [0.05, 0.1) is 5.69 Å². The van der Waals surface area contributed by atoms with Gasteiger partial charge in [-0.2, -0.15) is 0 Å². The zero-order valence-electron chi connectivity index (χ0n) is 35.3. The van der Waals surface area contributed by atoms with Crippen LogP contribution in [0.3, 0.4) is 0 Å². The number of hydrogen-bond donors (Lipinski definition) is 0. The van der Waals surface area contributed by atoms with Crippen LogP contribution in [0.25, 0.3) is 108 Å². The van der Waals surface area contributed by atoms with E-state index in [0.29, 0.717) is 0 Å². The summed E-state index contributed by atoms with van der Waals surface area (Å²) < 4.78 is 9.29. The SMILES string of the molecule is c1ccc(-c2ccc3c(c2)oc2cc(N(c4ccc(-c5ccc6ccc7ccccc7c6c5)cc4)c4ccc(-c5ccccc5)c5sc6cc(-c7ccccc7)ccc6c45)ccc23)cc1. The van der Waals surface area contributed by atoms with Crippen LogP contribution in [0.5, 0.6) is 0 Å². The number of nitrogens with zero attached hydrogens (tertiary/aromatic N) is 1. The monoisotopic (exact) mass is 845 g/mol. The topological polar surface area (TPSA) is 16.4 Å². The van der Waals surface area contributed by atoms with Crippen LogP contribution in [-0.2, 0) is 0 Å². The van der Waals surface area contributed by atoms with Gasteiger partial charge in [0.1, 0.15) is 11.2 Å². The summed E-state index contributed by atoms with van der Waals surface area (Å²) in [7, 11) is 0. The summed E-state index contributed by atoms with van der Waals surface area (Å²) in [4.78, 5) is 2.42. The minimum absolute atomic E-state index is 0.854.